The van der Waals surface area contributed by atoms with E-state index in [0.717, 1.165) is 0 Å². The first-order valence-electron chi connectivity index (χ1n) is 7.32. The second-order valence-corrected chi connectivity index (χ2v) is 5.64. The van der Waals surface area contributed by atoms with Crippen LogP contribution in [0.25, 0.3) is 5.69 Å². The molecule has 0 unspecified atom stereocenters. The topological polar surface area (TPSA) is 69.0 Å². The van der Waals surface area contributed by atoms with Gasteiger partial charge in [-0.15, -0.1) is 5.10 Å². The molecular formula is C17H14ClFN4O2. The highest BCUT2D eigenvalue weighted by Gasteiger charge is 2.17. The molecule has 1 amide bonds. The molecule has 2 aromatic carbocycles. The molecule has 0 aliphatic rings. The van der Waals surface area contributed by atoms with Gasteiger partial charge in [0.05, 0.1) is 18.5 Å². The van der Waals surface area contributed by atoms with Gasteiger partial charge in [-0.2, -0.15) is 9.90 Å². The molecule has 0 saturated carbocycles. The largest absolute Gasteiger partial charge is 0.494 e. The molecule has 0 spiro atoms. The van der Waals surface area contributed by atoms with E-state index in [1.165, 1.54) is 30.1 Å². The number of benzene rings is 2. The van der Waals surface area contributed by atoms with E-state index in [2.05, 4.69) is 15.5 Å². The highest BCUT2D eigenvalue weighted by molar-refractivity contribution is 6.30. The third-order valence-electron chi connectivity index (χ3n) is 3.45. The molecule has 25 heavy (non-hydrogen) atoms. The van der Waals surface area contributed by atoms with Crippen LogP contribution in [0.15, 0.2) is 42.5 Å². The zero-order valence-corrected chi connectivity index (χ0v) is 14.2. The number of hydrogen-bond donors (Lipinski definition) is 1. The molecule has 3 rings (SSSR count). The maximum atomic E-state index is 13.7. The Labute approximate surface area is 148 Å². The fourth-order valence-corrected chi connectivity index (χ4v) is 2.42. The van der Waals surface area contributed by atoms with E-state index in [4.69, 9.17) is 16.3 Å². The normalized spacial score (nSPS) is 10.6. The molecule has 1 N–H and O–H groups in total. The fraction of sp³-hybridized carbons (Fsp3) is 0.118. The molecule has 8 heteroatoms. The summed E-state index contributed by atoms with van der Waals surface area (Å²) in [6.45, 7) is 1.66. The van der Waals surface area contributed by atoms with Crippen molar-refractivity contribution in [3.63, 3.8) is 0 Å². The van der Waals surface area contributed by atoms with Crippen molar-refractivity contribution < 1.29 is 13.9 Å². The molecule has 0 radical (unpaired) electrons. The van der Waals surface area contributed by atoms with Crippen LogP contribution in [0, 0.1) is 12.7 Å². The van der Waals surface area contributed by atoms with Crippen molar-refractivity contribution >= 4 is 23.2 Å². The lowest BCUT2D eigenvalue weighted by atomic mass is 10.2. The van der Waals surface area contributed by atoms with Gasteiger partial charge in [-0.05, 0) is 37.3 Å². The quantitative estimate of drug-likeness (QED) is 0.771. The minimum absolute atomic E-state index is 0.0982. The predicted octanol–water partition coefficient (Wildman–Crippen LogP) is 3.63. The summed E-state index contributed by atoms with van der Waals surface area (Å²) in [6, 6.07) is 11.1. The van der Waals surface area contributed by atoms with Crippen LogP contribution in [-0.4, -0.2) is 28.0 Å². The van der Waals surface area contributed by atoms with E-state index in [-0.39, 0.29) is 11.4 Å². The van der Waals surface area contributed by atoms with Crippen LogP contribution in [0.3, 0.4) is 0 Å². The molecule has 1 aromatic heterocycles. The molecular weight excluding hydrogens is 347 g/mol. The summed E-state index contributed by atoms with van der Waals surface area (Å²) in [4.78, 5) is 13.7. The van der Waals surface area contributed by atoms with E-state index < -0.39 is 11.7 Å². The van der Waals surface area contributed by atoms with Gasteiger partial charge in [0.1, 0.15) is 0 Å². The minimum Gasteiger partial charge on any atom is -0.494 e. The Morgan fingerprint density at radius 2 is 2.04 bits per heavy atom. The SMILES string of the molecule is COc1ccc(NC(=O)c2nn(-c3cccc(Cl)c3)nc2C)cc1F. The molecule has 1 heterocycles. The summed E-state index contributed by atoms with van der Waals surface area (Å²) < 4.78 is 18.6. The summed E-state index contributed by atoms with van der Waals surface area (Å²) in [7, 11) is 1.37. The number of amides is 1. The van der Waals surface area contributed by atoms with Gasteiger partial charge in [0.25, 0.3) is 5.91 Å². The number of anilines is 1. The Balaban J connectivity index is 1.84. The smallest absolute Gasteiger partial charge is 0.278 e. The fourth-order valence-electron chi connectivity index (χ4n) is 2.24. The van der Waals surface area contributed by atoms with Gasteiger partial charge in [0, 0.05) is 16.8 Å². The van der Waals surface area contributed by atoms with Gasteiger partial charge in [-0.3, -0.25) is 4.79 Å². The molecule has 6 nitrogen and oxygen atoms in total. The second kappa shape index (κ2) is 6.90. The maximum Gasteiger partial charge on any atom is 0.278 e. The van der Waals surface area contributed by atoms with Crippen LogP contribution in [0.1, 0.15) is 16.2 Å². The number of carbonyl (C=O) groups is 1. The lowest BCUT2D eigenvalue weighted by Gasteiger charge is -2.06. The van der Waals surface area contributed by atoms with Gasteiger partial charge in [-0.25, -0.2) is 4.39 Å². The molecule has 128 valence electrons. The van der Waals surface area contributed by atoms with E-state index >= 15 is 0 Å². The Kier molecular flexibility index (Phi) is 4.67. The van der Waals surface area contributed by atoms with Crippen LogP contribution < -0.4 is 10.1 Å². The first-order chi connectivity index (χ1) is 12.0. The molecule has 0 aliphatic heterocycles. The van der Waals surface area contributed by atoms with E-state index in [0.29, 0.717) is 22.1 Å². The minimum atomic E-state index is -0.570. The number of nitrogens with one attached hydrogen (secondary N) is 1. The number of hydrogen-bond acceptors (Lipinski definition) is 4. The second-order valence-electron chi connectivity index (χ2n) is 5.21. The first-order valence-corrected chi connectivity index (χ1v) is 7.70. The number of ether oxygens (including phenoxy) is 1. The van der Waals surface area contributed by atoms with Crippen molar-refractivity contribution in [2.45, 2.75) is 6.92 Å². The standard InChI is InChI=1S/C17H14ClFN4O2/c1-10-16(22-23(21-10)13-5-3-4-11(18)8-13)17(24)20-12-6-7-15(25-2)14(19)9-12/h3-9H,1-2H3,(H,20,24). The summed E-state index contributed by atoms with van der Waals surface area (Å²) in [5.74, 6) is -0.962. The van der Waals surface area contributed by atoms with E-state index in [1.807, 2.05) is 0 Å². The van der Waals surface area contributed by atoms with Gasteiger partial charge < -0.3 is 10.1 Å². The highest BCUT2D eigenvalue weighted by atomic mass is 35.5. The average molecular weight is 361 g/mol. The van der Waals surface area contributed by atoms with Crippen LogP contribution >= 0.6 is 11.6 Å². The number of rotatable bonds is 4. The third-order valence-corrected chi connectivity index (χ3v) is 3.68. The summed E-state index contributed by atoms with van der Waals surface area (Å²) in [5.41, 5.74) is 1.49. The van der Waals surface area contributed by atoms with Gasteiger partial charge in [-0.1, -0.05) is 17.7 Å². The number of halogens is 2. The van der Waals surface area contributed by atoms with Crippen molar-refractivity contribution in [2.75, 3.05) is 12.4 Å². The molecule has 0 saturated heterocycles. The molecule has 0 fully saturated rings. The van der Waals surface area contributed by atoms with Crippen molar-refractivity contribution in [2.24, 2.45) is 0 Å². The Morgan fingerprint density at radius 1 is 1.24 bits per heavy atom. The number of nitrogens with zero attached hydrogens (tertiary/aromatic N) is 3. The van der Waals surface area contributed by atoms with Crippen LogP contribution in [0.5, 0.6) is 5.75 Å². The third kappa shape index (κ3) is 3.61. The number of aryl methyl sites for hydroxylation is 1. The Bertz CT molecular complexity index is 942. The molecule has 3 aromatic rings. The zero-order chi connectivity index (χ0) is 18.0. The number of aromatic nitrogens is 3. The van der Waals surface area contributed by atoms with Gasteiger partial charge in [0.15, 0.2) is 17.3 Å². The van der Waals surface area contributed by atoms with Gasteiger partial charge in [0.2, 0.25) is 0 Å². The van der Waals surface area contributed by atoms with Crippen LogP contribution in [0.2, 0.25) is 5.02 Å². The lowest BCUT2D eigenvalue weighted by Crippen LogP contribution is -2.14. The zero-order valence-electron chi connectivity index (χ0n) is 13.5. The molecule has 0 bridgehead atoms. The monoisotopic (exact) mass is 360 g/mol. The number of carbonyl (C=O) groups excluding carboxylic acids is 1. The maximum absolute atomic E-state index is 13.7. The van der Waals surface area contributed by atoms with Crippen molar-refractivity contribution in [3.8, 4) is 11.4 Å². The van der Waals surface area contributed by atoms with E-state index in [9.17, 15) is 9.18 Å². The van der Waals surface area contributed by atoms with Crippen LogP contribution in [-0.2, 0) is 0 Å². The van der Waals surface area contributed by atoms with E-state index in [1.54, 1.807) is 31.2 Å². The lowest BCUT2D eigenvalue weighted by molar-refractivity contribution is 0.102. The Morgan fingerprint density at radius 3 is 2.72 bits per heavy atom. The number of methoxy groups -OCH3 is 1. The highest BCUT2D eigenvalue weighted by Crippen LogP contribution is 2.21. The summed E-state index contributed by atoms with van der Waals surface area (Å²) >= 11 is 5.96. The van der Waals surface area contributed by atoms with Gasteiger partial charge >= 0.3 is 0 Å². The summed E-state index contributed by atoms with van der Waals surface area (Å²) in [5, 5.41) is 11.5. The van der Waals surface area contributed by atoms with Crippen molar-refractivity contribution in [1.29, 1.82) is 0 Å². The van der Waals surface area contributed by atoms with Crippen molar-refractivity contribution in [3.05, 3.63) is 64.7 Å². The molecule has 0 aliphatic carbocycles. The predicted molar refractivity (Wildman–Crippen MR) is 92.0 cm³/mol. The molecule has 0 atom stereocenters. The van der Waals surface area contributed by atoms with Crippen LogP contribution in [0.4, 0.5) is 10.1 Å². The summed E-state index contributed by atoms with van der Waals surface area (Å²) in [6.07, 6.45) is 0. The van der Waals surface area contributed by atoms with Crippen molar-refractivity contribution in [1.82, 2.24) is 15.0 Å². The Hall–Kier alpha value is -2.93. The average Bonchev–Trinajstić information content (AvgIpc) is 2.97. The first kappa shape index (κ1) is 16.9.